The molecule has 0 aromatic carbocycles. The number of hydrogen-bond acceptors (Lipinski definition) is 5. The summed E-state index contributed by atoms with van der Waals surface area (Å²) in [6.45, 7) is 0. The summed E-state index contributed by atoms with van der Waals surface area (Å²) >= 11 is 0. The summed E-state index contributed by atoms with van der Waals surface area (Å²) < 4.78 is 0. The lowest BCUT2D eigenvalue weighted by Gasteiger charge is -2.18. The van der Waals surface area contributed by atoms with Gasteiger partial charge in [0.25, 0.3) is 0 Å². The van der Waals surface area contributed by atoms with E-state index < -0.39 is 10.9 Å². The predicted octanol–water partition coefficient (Wildman–Crippen LogP) is 0.0601. The summed E-state index contributed by atoms with van der Waals surface area (Å²) in [7, 11) is 0. The molecule has 6 nitrogen and oxygen atoms in total. The maximum Gasteiger partial charge on any atom is 0.397 e. The molecule has 1 heterocycles. The molecule has 0 saturated heterocycles. The lowest BCUT2D eigenvalue weighted by atomic mass is 10.7. The maximum atomic E-state index is 10.2. The van der Waals surface area contributed by atoms with Gasteiger partial charge in [-0.25, -0.2) is 0 Å². The highest BCUT2D eigenvalue weighted by atomic mass is 17.1. The van der Waals surface area contributed by atoms with Gasteiger partial charge in [0.05, 0.1) is 0 Å². The maximum absolute atomic E-state index is 10.2. The molecule has 0 fully saturated rings. The Hall–Kier alpha value is -1.08. The van der Waals surface area contributed by atoms with Crippen LogP contribution in [0, 0.1) is 5.21 Å². The van der Waals surface area contributed by atoms with Gasteiger partial charge in [-0.2, -0.15) is 20.4 Å². The quantitative estimate of drug-likeness (QED) is 0.428. The largest absolute Gasteiger partial charge is 0.556 e. The second kappa shape index (κ2) is 2.27. The Balaban J connectivity index is 2.97. The highest BCUT2D eigenvalue weighted by molar-refractivity contribution is 5.15. The Labute approximate surface area is 56.1 Å². The summed E-state index contributed by atoms with van der Waals surface area (Å²) in [5.41, 5.74) is 0. The van der Waals surface area contributed by atoms with E-state index in [-0.39, 0.29) is 0 Å². The van der Waals surface area contributed by atoms with Gasteiger partial charge in [0.15, 0.2) is 0 Å². The molecule has 54 valence electrons. The van der Waals surface area contributed by atoms with Crippen molar-refractivity contribution in [1.82, 2.24) is 14.9 Å². The summed E-state index contributed by atoms with van der Waals surface area (Å²) in [6.07, 6.45) is 2.47. The smallest absolute Gasteiger partial charge is 0.397 e. The number of rotatable bonds is 1. The van der Waals surface area contributed by atoms with E-state index in [9.17, 15) is 5.21 Å². The van der Waals surface area contributed by atoms with Gasteiger partial charge in [-0.1, -0.05) is 0 Å². The SMILES string of the molecule is [O-][N+](O)(O)c1ncccn1. The molecule has 0 aliphatic rings. The molecule has 0 aliphatic heterocycles. The number of hydrogen-bond donors (Lipinski definition) is 2. The van der Waals surface area contributed by atoms with E-state index in [0.29, 0.717) is 0 Å². The summed E-state index contributed by atoms with van der Waals surface area (Å²) in [5.74, 6) is -0.609. The van der Waals surface area contributed by atoms with Crippen molar-refractivity contribution >= 4 is 5.95 Å². The van der Waals surface area contributed by atoms with Crippen LogP contribution in [0.1, 0.15) is 0 Å². The van der Waals surface area contributed by atoms with Crippen molar-refractivity contribution in [2.24, 2.45) is 0 Å². The van der Waals surface area contributed by atoms with Gasteiger partial charge < -0.3 is 5.21 Å². The standard InChI is InChI=1S/C4H5N3O3/c8-7(9,10)4-5-2-1-3-6-4/h1-3,8-9H. The fourth-order valence-corrected chi connectivity index (χ4v) is 0.442. The van der Waals surface area contributed by atoms with Gasteiger partial charge in [-0.15, -0.1) is 0 Å². The second-order valence-electron chi connectivity index (χ2n) is 1.59. The first-order valence-corrected chi connectivity index (χ1v) is 2.44. The van der Waals surface area contributed by atoms with Crippen LogP contribution in [0.25, 0.3) is 0 Å². The monoisotopic (exact) mass is 143 g/mol. The van der Waals surface area contributed by atoms with Crippen LogP contribution in [-0.4, -0.2) is 20.4 Å². The Kier molecular flexibility index (Phi) is 1.60. The third kappa shape index (κ3) is 1.45. The fourth-order valence-electron chi connectivity index (χ4n) is 0.442. The molecule has 0 atom stereocenters. The lowest BCUT2D eigenvalue weighted by Crippen LogP contribution is -2.36. The van der Waals surface area contributed by atoms with Crippen molar-refractivity contribution in [3.63, 3.8) is 0 Å². The highest BCUT2D eigenvalue weighted by Gasteiger charge is 2.17. The summed E-state index contributed by atoms with van der Waals surface area (Å²) in [5, 5.41) is 26.8. The predicted molar refractivity (Wildman–Crippen MR) is 30.8 cm³/mol. The van der Waals surface area contributed by atoms with Crippen LogP contribution in [0.4, 0.5) is 5.95 Å². The van der Waals surface area contributed by atoms with Crippen LogP contribution < -0.4 is 4.97 Å². The van der Waals surface area contributed by atoms with Crippen molar-refractivity contribution in [3.05, 3.63) is 23.7 Å². The average molecular weight is 143 g/mol. The van der Waals surface area contributed by atoms with Crippen molar-refractivity contribution in [3.8, 4) is 0 Å². The van der Waals surface area contributed by atoms with E-state index >= 15 is 0 Å². The Bertz CT molecular complexity index is 207. The normalized spacial score (nSPS) is 11.5. The van der Waals surface area contributed by atoms with Crippen molar-refractivity contribution in [1.29, 1.82) is 0 Å². The van der Waals surface area contributed by atoms with Crippen molar-refractivity contribution in [2.75, 3.05) is 0 Å². The van der Waals surface area contributed by atoms with Crippen LogP contribution in [0.5, 0.6) is 0 Å². The molecular weight excluding hydrogens is 138 g/mol. The van der Waals surface area contributed by atoms with Gasteiger partial charge in [0.1, 0.15) is 0 Å². The van der Waals surface area contributed by atoms with Crippen LogP contribution in [0.15, 0.2) is 18.5 Å². The number of aromatic nitrogens is 2. The van der Waals surface area contributed by atoms with Crippen LogP contribution in [-0.2, 0) is 0 Å². The molecular formula is C4H5N3O3. The molecule has 0 unspecified atom stereocenters. The average Bonchev–Trinajstić information content (AvgIpc) is 1.88. The summed E-state index contributed by atoms with van der Waals surface area (Å²) in [6, 6.07) is 1.46. The zero-order valence-corrected chi connectivity index (χ0v) is 4.88. The van der Waals surface area contributed by atoms with E-state index in [1.807, 2.05) is 0 Å². The Morgan fingerprint density at radius 3 is 2.10 bits per heavy atom. The molecule has 10 heavy (non-hydrogen) atoms. The second-order valence-corrected chi connectivity index (χ2v) is 1.59. The molecule has 6 heteroatoms. The molecule has 1 aromatic heterocycles. The minimum atomic E-state index is -2.58. The van der Waals surface area contributed by atoms with Crippen LogP contribution in [0.3, 0.4) is 0 Å². The minimum Gasteiger partial charge on any atom is -0.556 e. The van der Waals surface area contributed by atoms with Gasteiger partial charge in [-0.05, 0) is 11.0 Å². The third-order valence-corrected chi connectivity index (χ3v) is 0.813. The van der Waals surface area contributed by atoms with Crippen molar-refractivity contribution in [2.45, 2.75) is 0 Å². The van der Waals surface area contributed by atoms with Crippen molar-refractivity contribution < 1.29 is 10.4 Å². The number of quaternary nitrogens is 1. The molecule has 0 saturated carbocycles. The van der Waals surface area contributed by atoms with Gasteiger partial charge >= 0.3 is 5.95 Å². The van der Waals surface area contributed by atoms with Gasteiger partial charge in [0, 0.05) is 12.4 Å². The van der Waals surface area contributed by atoms with E-state index in [1.165, 1.54) is 18.5 Å². The van der Waals surface area contributed by atoms with Gasteiger partial charge in [0.2, 0.25) is 0 Å². The highest BCUT2D eigenvalue weighted by Crippen LogP contribution is 2.05. The molecule has 1 aromatic rings. The van der Waals surface area contributed by atoms with E-state index in [2.05, 4.69) is 9.97 Å². The molecule has 0 amide bonds. The first-order chi connectivity index (χ1) is 4.61. The zero-order valence-electron chi connectivity index (χ0n) is 4.88. The fraction of sp³-hybridized carbons (Fsp3) is 0. The minimum absolute atomic E-state index is 0.609. The number of nitrogens with zero attached hydrogens (tertiary/aromatic N) is 3. The van der Waals surface area contributed by atoms with Gasteiger partial charge in [-0.3, -0.25) is 0 Å². The van der Waals surface area contributed by atoms with E-state index in [1.54, 1.807) is 0 Å². The van der Waals surface area contributed by atoms with Crippen LogP contribution >= 0.6 is 0 Å². The topological polar surface area (TPSA) is 89.3 Å². The zero-order chi connectivity index (χ0) is 7.61. The molecule has 2 N–H and O–H groups in total. The first kappa shape index (κ1) is 7.03. The third-order valence-electron chi connectivity index (χ3n) is 0.813. The van der Waals surface area contributed by atoms with E-state index in [4.69, 9.17) is 10.4 Å². The summed E-state index contributed by atoms with van der Waals surface area (Å²) in [4.78, 5) is 4.01. The molecule has 0 radical (unpaired) electrons. The lowest BCUT2D eigenvalue weighted by molar-refractivity contribution is -0.257. The molecule has 1 rings (SSSR count). The molecule has 0 spiro atoms. The Morgan fingerprint density at radius 2 is 1.80 bits per heavy atom. The van der Waals surface area contributed by atoms with E-state index in [0.717, 1.165) is 0 Å². The Morgan fingerprint density at radius 1 is 1.30 bits per heavy atom. The van der Waals surface area contributed by atoms with Crippen LogP contribution in [0.2, 0.25) is 0 Å². The molecule has 0 bridgehead atoms. The molecule has 0 aliphatic carbocycles. The first-order valence-electron chi connectivity index (χ1n) is 2.44.